The first-order chi connectivity index (χ1) is 8.59. The third kappa shape index (κ3) is 3.16. The van der Waals surface area contributed by atoms with E-state index >= 15 is 0 Å². The van der Waals surface area contributed by atoms with E-state index in [1.54, 1.807) is 42.7 Å². The third-order valence-electron chi connectivity index (χ3n) is 2.32. The zero-order valence-electron chi connectivity index (χ0n) is 9.38. The Labute approximate surface area is 114 Å². The first kappa shape index (κ1) is 13.2. The van der Waals surface area contributed by atoms with Crippen molar-refractivity contribution in [2.24, 2.45) is 0 Å². The number of pyridine rings is 1. The van der Waals surface area contributed by atoms with Crippen molar-refractivity contribution in [1.82, 2.24) is 9.71 Å². The Kier molecular flexibility index (Phi) is 4.11. The second kappa shape index (κ2) is 5.60. The molecule has 0 atom stereocenters. The zero-order chi connectivity index (χ0) is 13.0. The molecule has 6 heteroatoms. The summed E-state index contributed by atoms with van der Waals surface area (Å²) in [6.45, 7) is 0.220. The molecule has 18 heavy (non-hydrogen) atoms. The van der Waals surface area contributed by atoms with Crippen molar-refractivity contribution in [3.05, 3.63) is 58.8 Å². The second-order valence-electron chi connectivity index (χ2n) is 3.62. The van der Waals surface area contributed by atoms with Gasteiger partial charge >= 0.3 is 0 Å². The van der Waals surface area contributed by atoms with Crippen LogP contribution in [-0.2, 0) is 16.6 Å². The van der Waals surface area contributed by atoms with Crippen LogP contribution < -0.4 is 4.72 Å². The van der Waals surface area contributed by atoms with Crippen LogP contribution in [0.1, 0.15) is 5.56 Å². The van der Waals surface area contributed by atoms with E-state index in [4.69, 9.17) is 0 Å². The first-order valence-corrected chi connectivity index (χ1v) is 7.50. The van der Waals surface area contributed by atoms with Gasteiger partial charge in [-0.3, -0.25) is 4.98 Å². The Morgan fingerprint density at radius 3 is 2.61 bits per heavy atom. The number of aromatic nitrogens is 1. The maximum Gasteiger partial charge on any atom is 0.241 e. The Balaban J connectivity index is 2.16. The number of benzene rings is 1. The van der Waals surface area contributed by atoms with Gasteiger partial charge in [0.1, 0.15) is 0 Å². The van der Waals surface area contributed by atoms with Gasteiger partial charge < -0.3 is 0 Å². The summed E-state index contributed by atoms with van der Waals surface area (Å²) in [4.78, 5) is 4.16. The third-order valence-corrected chi connectivity index (χ3v) is 4.73. The summed E-state index contributed by atoms with van der Waals surface area (Å²) < 4.78 is 27.2. The van der Waals surface area contributed by atoms with Gasteiger partial charge in [0.25, 0.3) is 0 Å². The average molecular weight is 327 g/mol. The van der Waals surface area contributed by atoms with E-state index in [1.807, 2.05) is 6.07 Å². The summed E-state index contributed by atoms with van der Waals surface area (Å²) in [5.41, 5.74) is 0.813. The van der Waals surface area contributed by atoms with Crippen molar-refractivity contribution in [3.63, 3.8) is 0 Å². The van der Waals surface area contributed by atoms with Gasteiger partial charge in [-0.05, 0) is 39.7 Å². The van der Waals surface area contributed by atoms with E-state index < -0.39 is 10.0 Å². The molecule has 1 aromatic carbocycles. The van der Waals surface area contributed by atoms with Crippen molar-refractivity contribution in [2.75, 3.05) is 0 Å². The van der Waals surface area contributed by atoms with E-state index in [0.717, 1.165) is 5.56 Å². The lowest BCUT2D eigenvalue weighted by Gasteiger charge is -2.08. The summed E-state index contributed by atoms with van der Waals surface area (Å²) >= 11 is 3.23. The van der Waals surface area contributed by atoms with E-state index in [0.29, 0.717) is 4.47 Å². The molecule has 0 spiro atoms. The fourth-order valence-corrected chi connectivity index (χ4v) is 3.44. The highest BCUT2D eigenvalue weighted by atomic mass is 79.9. The summed E-state index contributed by atoms with van der Waals surface area (Å²) in [6.07, 6.45) is 3.27. The molecule has 0 aliphatic carbocycles. The summed E-state index contributed by atoms with van der Waals surface area (Å²) in [6, 6.07) is 10.3. The van der Waals surface area contributed by atoms with Gasteiger partial charge in [0.05, 0.1) is 4.90 Å². The SMILES string of the molecule is O=S(=O)(NCc1cccnc1)c1ccccc1Br. The molecule has 0 aliphatic heterocycles. The zero-order valence-corrected chi connectivity index (χ0v) is 11.8. The van der Waals surface area contributed by atoms with Crippen molar-refractivity contribution in [1.29, 1.82) is 0 Å². The fourth-order valence-electron chi connectivity index (χ4n) is 1.42. The number of nitrogens with one attached hydrogen (secondary N) is 1. The highest BCUT2D eigenvalue weighted by Crippen LogP contribution is 2.20. The maximum atomic E-state index is 12.1. The van der Waals surface area contributed by atoms with Crippen molar-refractivity contribution in [3.8, 4) is 0 Å². The molecule has 4 nitrogen and oxygen atoms in total. The van der Waals surface area contributed by atoms with E-state index in [2.05, 4.69) is 25.6 Å². The van der Waals surface area contributed by atoms with Crippen LogP contribution in [0.5, 0.6) is 0 Å². The Bertz CT molecular complexity index is 630. The molecule has 1 aromatic heterocycles. The normalized spacial score (nSPS) is 11.4. The monoisotopic (exact) mass is 326 g/mol. The minimum atomic E-state index is -3.51. The second-order valence-corrected chi connectivity index (χ2v) is 6.21. The van der Waals surface area contributed by atoms with Crippen LogP contribution in [0.15, 0.2) is 58.2 Å². The molecule has 0 bridgehead atoms. The molecule has 1 heterocycles. The van der Waals surface area contributed by atoms with E-state index in [9.17, 15) is 8.42 Å². The molecule has 94 valence electrons. The van der Waals surface area contributed by atoms with Crippen molar-refractivity contribution >= 4 is 26.0 Å². The Morgan fingerprint density at radius 1 is 1.17 bits per heavy atom. The number of hydrogen-bond acceptors (Lipinski definition) is 3. The molecule has 0 fully saturated rings. The summed E-state index contributed by atoms with van der Waals surface area (Å²) in [7, 11) is -3.51. The molecule has 0 aliphatic rings. The molecule has 0 saturated carbocycles. The molecule has 2 rings (SSSR count). The quantitative estimate of drug-likeness (QED) is 0.938. The minimum absolute atomic E-state index is 0.220. The number of halogens is 1. The van der Waals surface area contributed by atoms with Crippen LogP contribution >= 0.6 is 15.9 Å². The predicted octanol–water partition coefficient (Wildman–Crippen LogP) is 2.32. The highest BCUT2D eigenvalue weighted by molar-refractivity contribution is 9.10. The van der Waals surface area contributed by atoms with Crippen molar-refractivity contribution < 1.29 is 8.42 Å². The Morgan fingerprint density at radius 2 is 1.94 bits per heavy atom. The number of hydrogen-bond donors (Lipinski definition) is 1. The van der Waals surface area contributed by atoms with Gasteiger partial charge in [-0.25, -0.2) is 13.1 Å². The molecule has 0 unspecified atom stereocenters. The summed E-state index contributed by atoms with van der Waals surface area (Å²) in [5.74, 6) is 0. The molecule has 0 radical (unpaired) electrons. The fraction of sp³-hybridized carbons (Fsp3) is 0.0833. The van der Waals surface area contributed by atoms with E-state index in [-0.39, 0.29) is 11.4 Å². The van der Waals surface area contributed by atoms with E-state index in [1.165, 1.54) is 0 Å². The van der Waals surface area contributed by atoms with Crippen LogP contribution in [-0.4, -0.2) is 13.4 Å². The van der Waals surface area contributed by atoms with Gasteiger partial charge in [0.15, 0.2) is 0 Å². The molecular weight excluding hydrogens is 316 g/mol. The molecule has 0 amide bonds. The molecular formula is C12H11BrN2O2S. The smallest absolute Gasteiger partial charge is 0.241 e. The van der Waals surface area contributed by atoms with Gasteiger partial charge in [-0.2, -0.15) is 0 Å². The van der Waals surface area contributed by atoms with Crippen LogP contribution in [0.2, 0.25) is 0 Å². The topological polar surface area (TPSA) is 59.1 Å². The lowest BCUT2D eigenvalue weighted by molar-refractivity contribution is 0.580. The highest BCUT2D eigenvalue weighted by Gasteiger charge is 2.16. The lowest BCUT2D eigenvalue weighted by atomic mass is 10.3. The maximum absolute atomic E-state index is 12.1. The lowest BCUT2D eigenvalue weighted by Crippen LogP contribution is -2.23. The number of sulfonamides is 1. The van der Waals surface area contributed by atoms with Crippen molar-refractivity contribution in [2.45, 2.75) is 11.4 Å². The number of rotatable bonds is 4. The predicted molar refractivity (Wildman–Crippen MR) is 72.4 cm³/mol. The standard InChI is InChI=1S/C12H11BrN2O2S/c13-11-5-1-2-6-12(11)18(16,17)15-9-10-4-3-7-14-8-10/h1-8,15H,9H2. The van der Waals surface area contributed by atoms with Crippen LogP contribution in [0.25, 0.3) is 0 Å². The number of nitrogens with zero attached hydrogens (tertiary/aromatic N) is 1. The van der Waals surface area contributed by atoms with Gasteiger partial charge in [-0.1, -0.05) is 18.2 Å². The molecule has 0 saturated heterocycles. The van der Waals surface area contributed by atoms with Crippen LogP contribution in [0, 0.1) is 0 Å². The van der Waals surface area contributed by atoms with Gasteiger partial charge in [0.2, 0.25) is 10.0 Å². The van der Waals surface area contributed by atoms with Crippen LogP contribution in [0.4, 0.5) is 0 Å². The van der Waals surface area contributed by atoms with Gasteiger partial charge in [-0.15, -0.1) is 0 Å². The minimum Gasteiger partial charge on any atom is -0.264 e. The largest absolute Gasteiger partial charge is 0.264 e. The first-order valence-electron chi connectivity index (χ1n) is 5.23. The molecule has 1 N–H and O–H groups in total. The summed E-state index contributed by atoms with van der Waals surface area (Å²) in [5, 5.41) is 0. The van der Waals surface area contributed by atoms with Crippen LogP contribution in [0.3, 0.4) is 0 Å². The Hall–Kier alpha value is -1.24. The average Bonchev–Trinajstić information content (AvgIpc) is 2.38. The molecule has 2 aromatic rings. The van der Waals surface area contributed by atoms with Gasteiger partial charge in [0, 0.05) is 23.4 Å².